The minimum atomic E-state index is -0.925. The summed E-state index contributed by atoms with van der Waals surface area (Å²) in [6.45, 7) is 3.17. The number of ether oxygens (including phenoxy) is 1. The van der Waals surface area contributed by atoms with E-state index in [1.54, 1.807) is 24.3 Å². The topological polar surface area (TPSA) is 66.8 Å². The number of benzene rings is 1. The van der Waals surface area contributed by atoms with E-state index in [-0.39, 0.29) is 5.91 Å². The fraction of sp³-hybridized carbons (Fsp3) is 0.500. The van der Waals surface area contributed by atoms with Gasteiger partial charge in [0.1, 0.15) is 11.8 Å². The van der Waals surface area contributed by atoms with Gasteiger partial charge in [-0.3, -0.25) is 4.79 Å². The summed E-state index contributed by atoms with van der Waals surface area (Å²) in [4.78, 5) is 25.2. The number of carboxylic acid groups (broad SMARTS) is 1. The minimum Gasteiger partial charge on any atom is -0.494 e. The maximum absolute atomic E-state index is 12.5. The Morgan fingerprint density at radius 1 is 1.29 bits per heavy atom. The molecular formula is C16H21NO4. The molecule has 0 radical (unpaired) electrons. The summed E-state index contributed by atoms with van der Waals surface area (Å²) in [6, 6.07) is 6.19. The second kappa shape index (κ2) is 7.11. The number of carbonyl (C=O) groups excluding carboxylic acids is 1. The molecule has 0 aliphatic carbocycles. The van der Waals surface area contributed by atoms with Crippen molar-refractivity contribution in [3.05, 3.63) is 29.8 Å². The van der Waals surface area contributed by atoms with Gasteiger partial charge in [0.05, 0.1) is 6.61 Å². The maximum Gasteiger partial charge on any atom is 0.326 e. The number of likely N-dealkylation sites (tertiary alicyclic amines) is 1. The molecule has 21 heavy (non-hydrogen) atoms. The highest BCUT2D eigenvalue weighted by Gasteiger charge is 2.32. The summed E-state index contributed by atoms with van der Waals surface area (Å²) in [6.07, 6.45) is 3.16. The third-order valence-electron chi connectivity index (χ3n) is 3.62. The summed E-state index contributed by atoms with van der Waals surface area (Å²) in [5.41, 5.74) is 0.506. The average molecular weight is 291 g/mol. The third kappa shape index (κ3) is 3.74. The van der Waals surface area contributed by atoms with Crippen LogP contribution in [-0.2, 0) is 4.79 Å². The number of rotatable bonds is 5. The third-order valence-corrected chi connectivity index (χ3v) is 3.62. The Morgan fingerprint density at radius 2 is 2.00 bits per heavy atom. The molecule has 114 valence electrons. The first-order valence-corrected chi connectivity index (χ1v) is 7.40. The summed E-state index contributed by atoms with van der Waals surface area (Å²) in [5, 5.41) is 9.23. The van der Waals surface area contributed by atoms with Gasteiger partial charge >= 0.3 is 5.97 Å². The van der Waals surface area contributed by atoms with Crippen LogP contribution in [0, 0.1) is 0 Å². The van der Waals surface area contributed by atoms with Crippen LogP contribution in [0.1, 0.15) is 43.0 Å². The highest BCUT2D eigenvalue weighted by Crippen LogP contribution is 2.21. The fourth-order valence-corrected chi connectivity index (χ4v) is 2.51. The Morgan fingerprint density at radius 3 is 2.62 bits per heavy atom. The van der Waals surface area contributed by atoms with Crippen LogP contribution in [0.5, 0.6) is 5.75 Å². The normalized spacial score (nSPS) is 18.3. The van der Waals surface area contributed by atoms with E-state index in [0.29, 0.717) is 25.1 Å². The van der Waals surface area contributed by atoms with Crippen molar-refractivity contribution in [1.82, 2.24) is 4.90 Å². The number of aliphatic carboxylic acids is 1. The molecule has 1 aliphatic heterocycles. The molecule has 2 rings (SSSR count). The Kier molecular flexibility index (Phi) is 5.20. The van der Waals surface area contributed by atoms with Gasteiger partial charge in [0.25, 0.3) is 5.91 Å². The predicted molar refractivity (Wildman–Crippen MR) is 78.5 cm³/mol. The number of amides is 1. The highest BCUT2D eigenvalue weighted by atomic mass is 16.5. The number of carboxylic acids is 1. The molecule has 1 heterocycles. The van der Waals surface area contributed by atoms with E-state index >= 15 is 0 Å². The van der Waals surface area contributed by atoms with E-state index in [2.05, 4.69) is 0 Å². The predicted octanol–water partition coefficient (Wildman–Crippen LogP) is 2.55. The number of hydrogen-bond donors (Lipinski definition) is 1. The molecule has 5 heteroatoms. The number of hydrogen-bond acceptors (Lipinski definition) is 3. The lowest BCUT2D eigenvalue weighted by Gasteiger charge is -2.33. The summed E-state index contributed by atoms with van der Waals surface area (Å²) < 4.78 is 5.48. The zero-order valence-corrected chi connectivity index (χ0v) is 12.2. The van der Waals surface area contributed by atoms with Crippen molar-refractivity contribution >= 4 is 11.9 Å². The smallest absolute Gasteiger partial charge is 0.326 e. The van der Waals surface area contributed by atoms with Gasteiger partial charge in [-0.1, -0.05) is 6.92 Å². The second-order valence-corrected chi connectivity index (χ2v) is 5.22. The van der Waals surface area contributed by atoms with Crippen LogP contribution in [0.4, 0.5) is 0 Å². The van der Waals surface area contributed by atoms with E-state index in [4.69, 9.17) is 4.74 Å². The van der Waals surface area contributed by atoms with Gasteiger partial charge in [-0.2, -0.15) is 0 Å². The van der Waals surface area contributed by atoms with Crippen LogP contribution >= 0.6 is 0 Å². The van der Waals surface area contributed by atoms with Gasteiger partial charge in [0.15, 0.2) is 0 Å². The molecule has 1 saturated heterocycles. The maximum atomic E-state index is 12.5. The first kappa shape index (κ1) is 15.4. The molecule has 0 bridgehead atoms. The molecule has 1 amide bonds. The molecule has 1 fully saturated rings. The Bertz CT molecular complexity index is 498. The highest BCUT2D eigenvalue weighted by molar-refractivity contribution is 5.96. The van der Waals surface area contributed by atoms with E-state index < -0.39 is 12.0 Å². The van der Waals surface area contributed by atoms with E-state index in [1.165, 1.54) is 4.90 Å². The fourth-order valence-electron chi connectivity index (χ4n) is 2.51. The average Bonchev–Trinajstić information content (AvgIpc) is 2.52. The van der Waals surface area contributed by atoms with Gasteiger partial charge < -0.3 is 14.7 Å². The lowest BCUT2D eigenvalue weighted by molar-refractivity contribution is -0.143. The molecule has 0 saturated carbocycles. The SMILES string of the molecule is CCCOc1ccc(C(=O)N2CCCCC2C(=O)O)cc1. The van der Waals surface area contributed by atoms with Crippen molar-refractivity contribution in [2.45, 2.75) is 38.6 Å². The lowest BCUT2D eigenvalue weighted by Crippen LogP contribution is -2.47. The molecular weight excluding hydrogens is 270 g/mol. The lowest BCUT2D eigenvalue weighted by atomic mass is 10.0. The quantitative estimate of drug-likeness (QED) is 0.905. The summed E-state index contributed by atoms with van der Waals surface area (Å²) in [5.74, 6) is -0.420. The van der Waals surface area contributed by atoms with Gasteiger partial charge in [-0.05, 0) is 49.9 Å². The van der Waals surface area contributed by atoms with E-state index in [1.807, 2.05) is 6.92 Å². The van der Waals surface area contributed by atoms with Crippen molar-refractivity contribution in [3.63, 3.8) is 0 Å². The second-order valence-electron chi connectivity index (χ2n) is 5.22. The molecule has 5 nitrogen and oxygen atoms in total. The number of nitrogens with zero attached hydrogens (tertiary/aromatic N) is 1. The van der Waals surface area contributed by atoms with Gasteiger partial charge in [-0.25, -0.2) is 4.79 Å². The molecule has 0 spiro atoms. The van der Waals surface area contributed by atoms with Crippen LogP contribution in [0.2, 0.25) is 0 Å². The number of piperidine rings is 1. The summed E-state index contributed by atoms with van der Waals surface area (Å²) in [7, 11) is 0. The molecule has 1 unspecified atom stereocenters. The van der Waals surface area contributed by atoms with Crippen LogP contribution in [0.15, 0.2) is 24.3 Å². The van der Waals surface area contributed by atoms with Crippen molar-refractivity contribution in [1.29, 1.82) is 0 Å². The van der Waals surface area contributed by atoms with E-state index in [0.717, 1.165) is 25.0 Å². The first-order chi connectivity index (χ1) is 10.1. The molecule has 1 N–H and O–H groups in total. The van der Waals surface area contributed by atoms with Crippen LogP contribution < -0.4 is 4.74 Å². The van der Waals surface area contributed by atoms with Crippen molar-refractivity contribution in [2.24, 2.45) is 0 Å². The van der Waals surface area contributed by atoms with Gasteiger partial charge in [-0.15, -0.1) is 0 Å². The largest absolute Gasteiger partial charge is 0.494 e. The zero-order valence-electron chi connectivity index (χ0n) is 12.2. The van der Waals surface area contributed by atoms with Crippen LogP contribution in [0.3, 0.4) is 0 Å². The van der Waals surface area contributed by atoms with Gasteiger partial charge in [0.2, 0.25) is 0 Å². The van der Waals surface area contributed by atoms with E-state index in [9.17, 15) is 14.7 Å². The van der Waals surface area contributed by atoms with Gasteiger partial charge in [0, 0.05) is 12.1 Å². The summed E-state index contributed by atoms with van der Waals surface area (Å²) >= 11 is 0. The minimum absolute atomic E-state index is 0.218. The molecule has 1 aromatic rings. The number of carbonyl (C=O) groups is 2. The van der Waals surface area contributed by atoms with Crippen molar-refractivity contribution in [3.8, 4) is 5.75 Å². The standard InChI is InChI=1S/C16H21NO4/c1-2-11-21-13-8-6-12(7-9-13)15(18)17-10-4-3-5-14(17)16(19)20/h6-9,14H,2-5,10-11H2,1H3,(H,19,20). The Balaban J connectivity index is 2.09. The van der Waals surface area contributed by atoms with Crippen molar-refractivity contribution in [2.75, 3.05) is 13.2 Å². The monoisotopic (exact) mass is 291 g/mol. The Hall–Kier alpha value is -2.04. The molecule has 1 aliphatic rings. The van der Waals surface area contributed by atoms with Crippen LogP contribution in [-0.4, -0.2) is 41.1 Å². The molecule has 0 aromatic heterocycles. The van der Waals surface area contributed by atoms with Crippen molar-refractivity contribution < 1.29 is 19.4 Å². The Labute approximate surface area is 124 Å². The molecule has 1 atom stereocenters. The first-order valence-electron chi connectivity index (χ1n) is 7.40. The molecule has 1 aromatic carbocycles. The van der Waals surface area contributed by atoms with Crippen LogP contribution in [0.25, 0.3) is 0 Å². The zero-order chi connectivity index (χ0) is 15.2.